The summed E-state index contributed by atoms with van der Waals surface area (Å²) in [7, 11) is 0. The third-order valence-electron chi connectivity index (χ3n) is 5.90. The first-order valence-corrected chi connectivity index (χ1v) is 10.2. The second-order valence-corrected chi connectivity index (χ2v) is 7.98. The first kappa shape index (κ1) is 21.4. The minimum absolute atomic E-state index is 0.0469. The zero-order valence-corrected chi connectivity index (χ0v) is 17.0. The summed E-state index contributed by atoms with van der Waals surface area (Å²) in [6.07, 6.45) is -4.51. The summed E-state index contributed by atoms with van der Waals surface area (Å²) in [5.74, 6) is 3.31. The van der Waals surface area contributed by atoms with E-state index in [9.17, 15) is 26.7 Å². The summed E-state index contributed by atoms with van der Waals surface area (Å²) in [6, 6.07) is 6.66. The van der Waals surface area contributed by atoms with Crippen LogP contribution in [-0.4, -0.2) is 29.3 Å². The monoisotopic (exact) mass is 461 g/mol. The molecule has 0 spiro atoms. The van der Waals surface area contributed by atoms with E-state index in [1.54, 1.807) is 18.2 Å². The van der Waals surface area contributed by atoms with Gasteiger partial charge in [0, 0.05) is 23.4 Å². The normalized spacial score (nSPS) is 17.2. The van der Waals surface area contributed by atoms with E-state index in [1.165, 1.54) is 4.90 Å². The van der Waals surface area contributed by atoms with Gasteiger partial charge >= 0.3 is 11.9 Å². The van der Waals surface area contributed by atoms with Crippen molar-refractivity contribution in [3.63, 3.8) is 0 Å². The second-order valence-electron chi connectivity index (χ2n) is 7.98. The van der Waals surface area contributed by atoms with Crippen molar-refractivity contribution >= 4 is 22.4 Å². The Morgan fingerprint density at radius 2 is 1.88 bits per heavy atom. The first-order chi connectivity index (χ1) is 15.7. The van der Waals surface area contributed by atoms with E-state index >= 15 is 0 Å². The van der Waals surface area contributed by atoms with Gasteiger partial charge in [-0.2, -0.15) is 18.2 Å². The molecule has 1 saturated carbocycles. The van der Waals surface area contributed by atoms with Crippen LogP contribution < -0.4 is 10.6 Å². The molecule has 5 nitrogen and oxygen atoms in total. The fourth-order valence-corrected chi connectivity index (χ4v) is 3.93. The molecule has 0 bridgehead atoms. The number of fused-ring (bicyclic) bond motifs is 2. The Bertz CT molecular complexity index is 1380. The van der Waals surface area contributed by atoms with Gasteiger partial charge in [0.15, 0.2) is 5.82 Å². The lowest BCUT2D eigenvalue weighted by atomic mass is 10.0. The smallest absolute Gasteiger partial charge is 0.375 e. The Labute approximate surface area is 184 Å². The number of anilines is 2. The second kappa shape index (κ2) is 7.56. The van der Waals surface area contributed by atoms with Gasteiger partial charge in [-0.3, -0.25) is 0 Å². The Morgan fingerprint density at radius 3 is 2.61 bits per heavy atom. The molecule has 0 radical (unpaired) electrons. The van der Waals surface area contributed by atoms with Gasteiger partial charge < -0.3 is 14.6 Å². The van der Waals surface area contributed by atoms with Gasteiger partial charge in [0.2, 0.25) is 0 Å². The van der Waals surface area contributed by atoms with Crippen LogP contribution >= 0.6 is 0 Å². The minimum Gasteiger partial charge on any atom is -0.375 e. The summed E-state index contributed by atoms with van der Waals surface area (Å²) >= 11 is 0. The van der Waals surface area contributed by atoms with Crippen molar-refractivity contribution in [2.24, 2.45) is 5.41 Å². The molecule has 0 saturated heterocycles. The maximum Gasteiger partial charge on any atom is 0.405 e. The number of nitrogens with one attached hydrogen (secondary N) is 1. The van der Waals surface area contributed by atoms with Crippen LogP contribution in [0.3, 0.4) is 0 Å². The molecule has 0 unspecified atom stereocenters. The number of nitrogens with zero attached hydrogens (tertiary/aromatic N) is 2. The van der Waals surface area contributed by atoms with Crippen LogP contribution in [0.15, 0.2) is 35.1 Å². The third kappa shape index (κ3) is 3.62. The lowest BCUT2D eigenvalue weighted by Gasteiger charge is -2.25. The number of H-pyrrole nitrogens is 1. The molecule has 2 heterocycles. The van der Waals surface area contributed by atoms with Crippen molar-refractivity contribution in [1.29, 1.82) is 0 Å². The molecule has 0 atom stereocenters. The van der Waals surface area contributed by atoms with Crippen LogP contribution in [0.25, 0.3) is 10.9 Å². The van der Waals surface area contributed by atoms with Crippen LogP contribution in [0.2, 0.25) is 0 Å². The minimum atomic E-state index is -4.41. The van der Waals surface area contributed by atoms with Crippen molar-refractivity contribution in [3.05, 3.63) is 63.6 Å². The molecule has 33 heavy (non-hydrogen) atoms. The molecule has 2 aromatic carbocycles. The molecule has 2 aliphatic rings. The van der Waals surface area contributed by atoms with Gasteiger partial charge in [0.05, 0.1) is 24.1 Å². The Balaban J connectivity index is 1.68. The zero-order chi connectivity index (χ0) is 23.4. The highest BCUT2D eigenvalue weighted by atomic mass is 19.4. The van der Waals surface area contributed by atoms with Crippen molar-refractivity contribution < 1.29 is 26.7 Å². The number of benzene rings is 2. The molecule has 1 aromatic heterocycles. The van der Waals surface area contributed by atoms with E-state index < -0.39 is 28.9 Å². The third-order valence-corrected chi connectivity index (χ3v) is 5.90. The molecule has 170 valence electrons. The molecule has 1 N–H and O–H groups in total. The van der Waals surface area contributed by atoms with Gasteiger partial charge in [0.25, 0.3) is 0 Å². The summed E-state index contributed by atoms with van der Waals surface area (Å²) in [5, 5.41) is -0.215. The largest absolute Gasteiger partial charge is 0.405 e. The maximum atomic E-state index is 14.7. The van der Waals surface area contributed by atoms with E-state index in [-0.39, 0.29) is 49.3 Å². The highest BCUT2D eigenvalue weighted by Gasteiger charge is 2.62. The predicted molar refractivity (Wildman–Crippen MR) is 110 cm³/mol. The SMILES string of the molecule is O=c1nc(N2CCOCc3c(C#CC4(C(F)(F)F)CC4)cccc32)c2c(F)ccc(F)c2[nH]1. The van der Waals surface area contributed by atoms with E-state index in [0.29, 0.717) is 16.8 Å². The maximum absolute atomic E-state index is 14.7. The lowest BCUT2D eigenvalue weighted by molar-refractivity contribution is -0.168. The molecular weight excluding hydrogens is 445 g/mol. The summed E-state index contributed by atoms with van der Waals surface area (Å²) < 4.78 is 74.6. The molecule has 10 heteroatoms. The average Bonchev–Trinajstić information content (AvgIpc) is 3.58. The number of hydrogen-bond acceptors (Lipinski definition) is 4. The molecule has 1 aliphatic carbocycles. The number of ether oxygens (including phenoxy) is 1. The molecule has 1 fully saturated rings. The molecule has 3 aromatic rings. The Kier molecular flexibility index (Phi) is 4.90. The van der Waals surface area contributed by atoms with Crippen LogP contribution in [0, 0.1) is 28.9 Å². The van der Waals surface area contributed by atoms with Crippen LogP contribution in [0.5, 0.6) is 0 Å². The van der Waals surface area contributed by atoms with Crippen molar-refractivity contribution in [3.8, 4) is 11.8 Å². The number of aromatic nitrogens is 2. The molecule has 1 aliphatic heterocycles. The van der Waals surface area contributed by atoms with Crippen molar-refractivity contribution in [1.82, 2.24) is 9.97 Å². The van der Waals surface area contributed by atoms with Crippen molar-refractivity contribution in [2.75, 3.05) is 18.1 Å². The van der Waals surface area contributed by atoms with Gasteiger partial charge in [-0.1, -0.05) is 17.9 Å². The van der Waals surface area contributed by atoms with E-state index in [0.717, 1.165) is 12.1 Å². The van der Waals surface area contributed by atoms with Gasteiger partial charge in [-0.25, -0.2) is 13.6 Å². The summed E-state index contributed by atoms with van der Waals surface area (Å²) in [6.45, 7) is 0.354. The highest BCUT2D eigenvalue weighted by molar-refractivity contribution is 5.92. The van der Waals surface area contributed by atoms with E-state index in [4.69, 9.17) is 4.74 Å². The Hall–Kier alpha value is -3.45. The highest BCUT2D eigenvalue weighted by Crippen LogP contribution is 2.57. The number of aromatic amines is 1. The van der Waals surface area contributed by atoms with E-state index in [2.05, 4.69) is 21.8 Å². The van der Waals surface area contributed by atoms with Crippen molar-refractivity contribution in [2.45, 2.75) is 25.6 Å². The number of alkyl halides is 3. The topological polar surface area (TPSA) is 58.2 Å². The van der Waals surface area contributed by atoms with Gasteiger partial charge in [0.1, 0.15) is 17.0 Å². The summed E-state index contributed by atoms with van der Waals surface area (Å²) in [4.78, 5) is 19.8. The Morgan fingerprint density at radius 1 is 1.12 bits per heavy atom. The fourth-order valence-electron chi connectivity index (χ4n) is 3.93. The molecule has 0 amide bonds. The fraction of sp³-hybridized carbons (Fsp3) is 0.304. The lowest BCUT2D eigenvalue weighted by Crippen LogP contribution is -2.26. The van der Waals surface area contributed by atoms with Crippen LogP contribution in [0.4, 0.5) is 33.5 Å². The first-order valence-electron chi connectivity index (χ1n) is 10.2. The predicted octanol–water partition coefficient (Wildman–Crippen LogP) is 4.56. The number of rotatable bonds is 1. The van der Waals surface area contributed by atoms with E-state index in [1.807, 2.05) is 0 Å². The summed E-state index contributed by atoms with van der Waals surface area (Å²) in [5.41, 5.74) is -1.94. The zero-order valence-electron chi connectivity index (χ0n) is 17.0. The number of hydrogen-bond donors (Lipinski definition) is 1. The number of halogens is 5. The average molecular weight is 461 g/mol. The van der Waals surface area contributed by atoms with Crippen LogP contribution in [0.1, 0.15) is 24.0 Å². The molecular formula is C23H16F5N3O2. The van der Waals surface area contributed by atoms with Gasteiger partial charge in [-0.05, 0) is 37.1 Å². The van der Waals surface area contributed by atoms with Crippen LogP contribution in [-0.2, 0) is 11.3 Å². The quantitative estimate of drug-likeness (QED) is 0.426. The standard InChI is InChI=1S/C23H16F5N3O2/c24-15-4-5-16(25)19-18(15)20(30-21(32)29-19)31-10-11-33-12-14-13(2-1-3-17(14)31)6-7-22(8-9-22)23(26,27)28/h1-5H,8-12H2,(H,29,30,32). The molecule has 5 rings (SSSR count). The van der Waals surface area contributed by atoms with Gasteiger partial charge in [-0.15, -0.1) is 0 Å².